The predicted molar refractivity (Wildman–Crippen MR) is 77.1 cm³/mol. The Labute approximate surface area is 117 Å². The van der Waals surface area contributed by atoms with Crippen molar-refractivity contribution in [1.29, 1.82) is 0 Å². The molecule has 1 heterocycles. The maximum Gasteiger partial charge on any atom is 0.123 e. The molecule has 0 bridgehead atoms. The van der Waals surface area contributed by atoms with Crippen LogP contribution in [0.1, 0.15) is 17.5 Å². The van der Waals surface area contributed by atoms with Gasteiger partial charge in [-0.3, -0.25) is 10.3 Å². The summed E-state index contributed by atoms with van der Waals surface area (Å²) in [6, 6.07) is 16.8. The molecule has 2 aromatic rings. The Morgan fingerprint density at radius 3 is 2.70 bits per heavy atom. The zero-order valence-electron chi connectivity index (χ0n) is 11.1. The number of halogens is 1. The van der Waals surface area contributed by atoms with Gasteiger partial charge in [0.15, 0.2) is 0 Å². The summed E-state index contributed by atoms with van der Waals surface area (Å²) in [5.41, 5.74) is 5.82. The van der Waals surface area contributed by atoms with E-state index in [1.807, 2.05) is 30.3 Å². The largest absolute Gasteiger partial charge is 0.269 e. The number of rotatable bonds is 4. The van der Waals surface area contributed by atoms with E-state index in [-0.39, 0.29) is 11.9 Å². The Morgan fingerprint density at radius 2 is 1.90 bits per heavy atom. The lowest BCUT2D eigenvalue weighted by atomic mass is 10.1. The van der Waals surface area contributed by atoms with E-state index in [0.29, 0.717) is 0 Å². The van der Waals surface area contributed by atoms with Crippen molar-refractivity contribution in [3.8, 4) is 0 Å². The van der Waals surface area contributed by atoms with Gasteiger partial charge in [0.25, 0.3) is 0 Å². The molecule has 0 saturated carbocycles. The van der Waals surface area contributed by atoms with E-state index in [9.17, 15) is 4.39 Å². The molecule has 1 atom stereocenters. The standard InChI is InChI=1S/C17H16FNO/c18-15-8-4-7-14(11-15)17-12-16(20-19-17)10-9-13-5-2-1-3-6-13/h1-8,11-12,16,19H,9-10H2. The molecule has 2 aromatic carbocycles. The van der Waals surface area contributed by atoms with Crippen LogP contribution in [-0.4, -0.2) is 6.10 Å². The highest BCUT2D eigenvalue weighted by Crippen LogP contribution is 2.21. The fraction of sp³-hybridized carbons (Fsp3) is 0.176. The first-order valence-corrected chi connectivity index (χ1v) is 6.74. The van der Waals surface area contributed by atoms with Crippen molar-refractivity contribution < 1.29 is 9.23 Å². The molecule has 3 rings (SSSR count). The van der Waals surface area contributed by atoms with Crippen LogP contribution >= 0.6 is 0 Å². The summed E-state index contributed by atoms with van der Waals surface area (Å²) in [5, 5.41) is 0. The molecule has 1 aliphatic rings. The minimum Gasteiger partial charge on any atom is -0.269 e. The first-order valence-electron chi connectivity index (χ1n) is 6.74. The molecule has 1 N–H and O–H groups in total. The van der Waals surface area contributed by atoms with E-state index in [0.717, 1.165) is 24.1 Å². The summed E-state index contributed by atoms with van der Waals surface area (Å²) in [6.07, 6.45) is 3.89. The van der Waals surface area contributed by atoms with Crippen molar-refractivity contribution >= 4 is 5.70 Å². The smallest absolute Gasteiger partial charge is 0.123 e. The molecule has 0 aromatic heterocycles. The van der Waals surface area contributed by atoms with Gasteiger partial charge in [0.05, 0.1) is 5.70 Å². The highest BCUT2D eigenvalue weighted by molar-refractivity contribution is 5.64. The second-order valence-corrected chi connectivity index (χ2v) is 4.87. The third-order valence-electron chi connectivity index (χ3n) is 3.37. The Morgan fingerprint density at radius 1 is 1.05 bits per heavy atom. The maximum atomic E-state index is 13.2. The Bertz CT molecular complexity index is 609. The van der Waals surface area contributed by atoms with Gasteiger partial charge in [-0.05, 0) is 36.6 Å². The van der Waals surface area contributed by atoms with E-state index in [4.69, 9.17) is 4.84 Å². The Balaban J connectivity index is 1.63. The summed E-state index contributed by atoms with van der Waals surface area (Å²) in [5.74, 6) is -0.238. The van der Waals surface area contributed by atoms with E-state index < -0.39 is 0 Å². The number of nitrogens with one attached hydrogen (secondary N) is 1. The molecule has 0 fully saturated rings. The van der Waals surface area contributed by atoms with Gasteiger partial charge in [-0.2, -0.15) is 0 Å². The van der Waals surface area contributed by atoms with Crippen LogP contribution in [0, 0.1) is 5.82 Å². The van der Waals surface area contributed by atoms with E-state index in [1.165, 1.54) is 17.7 Å². The maximum absolute atomic E-state index is 13.2. The van der Waals surface area contributed by atoms with Crippen molar-refractivity contribution in [2.75, 3.05) is 0 Å². The minimum absolute atomic E-state index is 0.0217. The van der Waals surface area contributed by atoms with E-state index in [2.05, 4.69) is 17.6 Å². The Kier molecular flexibility index (Phi) is 3.79. The van der Waals surface area contributed by atoms with Crippen molar-refractivity contribution in [2.24, 2.45) is 0 Å². The zero-order valence-corrected chi connectivity index (χ0v) is 11.1. The second-order valence-electron chi connectivity index (χ2n) is 4.87. The van der Waals surface area contributed by atoms with Gasteiger partial charge in [-0.1, -0.05) is 42.5 Å². The number of benzene rings is 2. The van der Waals surface area contributed by atoms with Gasteiger partial charge in [-0.15, -0.1) is 0 Å². The summed E-state index contributed by atoms with van der Waals surface area (Å²) >= 11 is 0. The number of aryl methyl sites for hydroxylation is 1. The van der Waals surface area contributed by atoms with Crippen molar-refractivity contribution in [3.05, 3.63) is 77.6 Å². The van der Waals surface area contributed by atoms with E-state index >= 15 is 0 Å². The lowest BCUT2D eigenvalue weighted by Crippen LogP contribution is -2.12. The lowest BCUT2D eigenvalue weighted by molar-refractivity contribution is 0.0470. The highest BCUT2D eigenvalue weighted by atomic mass is 19.1. The first kappa shape index (κ1) is 12.9. The van der Waals surface area contributed by atoms with Crippen molar-refractivity contribution in [2.45, 2.75) is 18.9 Å². The molecular formula is C17H16FNO. The molecule has 1 unspecified atom stereocenters. The molecule has 0 aliphatic carbocycles. The number of hydrogen-bond acceptors (Lipinski definition) is 2. The third-order valence-corrected chi connectivity index (χ3v) is 3.37. The van der Waals surface area contributed by atoms with Crippen molar-refractivity contribution in [3.63, 3.8) is 0 Å². The molecule has 0 spiro atoms. The van der Waals surface area contributed by atoms with Crippen LogP contribution < -0.4 is 5.48 Å². The SMILES string of the molecule is Fc1cccc(C2=CC(CCc3ccccc3)ON2)c1. The summed E-state index contributed by atoms with van der Waals surface area (Å²) in [7, 11) is 0. The average Bonchev–Trinajstić information content (AvgIpc) is 2.95. The van der Waals surface area contributed by atoms with Gasteiger partial charge in [0.2, 0.25) is 0 Å². The molecule has 0 saturated heterocycles. The zero-order chi connectivity index (χ0) is 13.8. The monoisotopic (exact) mass is 269 g/mol. The van der Waals surface area contributed by atoms with E-state index in [1.54, 1.807) is 6.07 Å². The molecular weight excluding hydrogens is 253 g/mol. The van der Waals surface area contributed by atoms with Gasteiger partial charge in [0, 0.05) is 5.56 Å². The van der Waals surface area contributed by atoms with Gasteiger partial charge in [-0.25, -0.2) is 4.39 Å². The van der Waals surface area contributed by atoms with Gasteiger partial charge < -0.3 is 0 Å². The summed E-state index contributed by atoms with van der Waals surface area (Å²) in [4.78, 5) is 5.52. The minimum atomic E-state index is -0.238. The molecule has 3 heteroatoms. The number of hydrogen-bond donors (Lipinski definition) is 1. The van der Waals surface area contributed by atoms with Gasteiger partial charge in [0.1, 0.15) is 11.9 Å². The highest BCUT2D eigenvalue weighted by Gasteiger charge is 2.17. The molecule has 20 heavy (non-hydrogen) atoms. The first-order chi connectivity index (χ1) is 9.81. The van der Waals surface area contributed by atoms with Crippen LogP contribution in [0.2, 0.25) is 0 Å². The van der Waals surface area contributed by atoms with Crippen LogP contribution in [-0.2, 0) is 11.3 Å². The predicted octanol–water partition coefficient (Wildman–Crippen LogP) is 3.70. The van der Waals surface area contributed by atoms with Crippen LogP contribution in [0.3, 0.4) is 0 Å². The van der Waals surface area contributed by atoms with Crippen LogP contribution in [0.4, 0.5) is 4.39 Å². The molecule has 2 nitrogen and oxygen atoms in total. The van der Waals surface area contributed by atoms with Gasteiger partial charge >= 0.3 is 0 Å². The second kappa shape index (κ2) is 5.88. The van der Waals surface area contributed by atoms with Crippen molar-refractivity contribution in [1.82, 2.24) is 5.48 Å². The average molecular weight is 269 g/mol. The topological polar surface area (TPSA) is 21.3 Å². The lowest BCUT2D eigenvalue weighted by Gasteiger charge is -2.07. The fourth-order valence-corrected chi connectivity index (χ4v) is 2.30. The van der Waals surface area contributed by atoms with Crippen LogP contribution in [0.5, 0.6) is 0 Å². The molecule has 0 radical (unpaired) electrons. The molecule has 1 aliphatic heterocycles. The third kappa shape index (κ3) is 3.06. The number of hydroxylamine groups is 1. The fourth-order valence-electron chi connectivity index (χ4n) is 2.30. The van der Waals surface area contributed by atoms with Crippen LogP contribution in [0.15, 0.2) is 60.7 Å². The quantitative estimate of drug-likeness (QED) is 0.913. The summed E-state index contributed by atoms with van der Waals surface area (Å²) < 4.78 is 13.2. The van der Waals surface area contributed by atoms with Crippen LogP contribution in [0.25, 0.3) is 5.70 Å². The molecule has 0 amide bonds. The Hall–Kier alpha value is -2.13. The normalized spacial score (nSPS) is 17.6. The molecule has 102 valence electrons. The summed E-state index contributed by atoms with van der Waals surface area (Å²) in [6.45, 7) is 0.